The number of carbonyl (C=O) groups excluding carboxylic acids is 1. The van der Waals surface area contributed by atoms with Crippen molar-refractivity contribution in [3.63, 3.8) is 0 Å². The first kappa shape index (κ1) is 29.2. The highest BCUT2D eigenvalue weighted by molar-refractivity contribution is 7.89. The molecular weight excluding hydrogens is 574 g/mol. The number of nitrogens with one attached hydrogen (secondary N) is 1. The Bertz CT molecular complexity index is 1380. The number of benzene rings is 1. The standard InChI is InChI=1S/C22H20F6N6O5S/c23-21(24,25)19(22(26,27)28)39-20(35)34-8-5-13(6-9-34)11-29-40(36,37)16-3-1-14(2-4-16)17-30-32-18(33-31-17)15-7-10-38-12-15/h1-4,7,10,12-13,19,29H,5-6,8-9,11H2. The predicted molar refractivity (Wildman–Crippen MR) is 123 cm³/mol. The number of alkyl halides is 6. The normalized spacial score (nSPS) is 15.4. The van der Waals surface area contributed by atoms with Gasteiger partial charge in [0.2, 0.25) is 21.7 Å². The van der Waals surface area contributed by atoms with Gasteiger partial charge in [-0.1, -0.05) is 0 Å². The van der Waals surface area contributed by atoms with Crippen LogP contribution in [0.25, 0.3) is 22.8 Å². The third-order valence-electron chi connectivity index (χ3n) is 5.93. The van der Waals surface area contributed by atoms with Crippen molar-refractivity contribution in [3.05, 3.63) is 42.9 Å². The van der Waals surface area contributed by atoms with Crippen LogP contribution >= 0.6 is 0 Å². The summed E-state index contributed by atoms with van der Waals surface area (Å²) >= 11 is 0. The van der Waals surface area contributed by atoms with Gasteiger partial charge >= 0.3 is 18.4 Å². The smallest absolute Gasteiger partial charge is 0.434 e. The number of aromatic nitrogens is 4. The summed E-state index contributed by atoms with van der Waals surface area (Å²) in [6.45, 7) is -0.471. The van der Waals surface area contributed by atoms with Crippen LogP contribution in [0, 0.1) is 5.92 Å². The highest BCUT2D eigenvalue weighted by atomic mass is 32.2. The highest BCUT2D eigenvalue weighted by Crippen LogP contribution is 2.36. The molecule has 0 aliphatic carbocycles. The number of sulfonamides is 1. The lowest BCUT2D eigenvalue weighted by Gasteiger charge is -2.33. The number of carbonyl (C=O) groups is 1. The fraction of sp³-hybridized carbons (Fsp3) is 0.409. The summed E-state index contributed by atoms with van der Waals surface area (Å²) in [4.78, 5) is 12.5. The zero-order valence-corrected chi connectivity index (χ0v) is 21.0. The minimum atomic E-state index is -5.81. The van der Waals surface area contributed by atoms with Crippen molar-refractivity contribution in [2.24, 2.45) is 5.92 Å². The second-order valence-corrected chi connectivity index (χ2v) is 10.5. The van der Waals surface area contributed by atoms with E-state index in [0.717, 1.165) is 4.90 Å². The molecule has 4 rings (SSSR count). The van der Waals surface area contributed by atoms with E-state index in [-0.39, 0.29) is 54.9 Å². The first-order valence-corrected chi connectivity index (χ1v) is 13.0. The van der Waals surface area contributed by atoms with Gasteiger partial charge in [-0.15, -0.1) is 20.4 Å². The summed E-state index contributed by atoms with van der Waals surface area (Å²) in [6.07, 6.45) is -14.5. The number of piperidine rings is 1. The topological polar surface area (TPSA) is 140 Å². The Balaban J connectivity index is 1.28. The summed E-state index contributed by atoms with van der Waals surface area (Å²) in [5, 5.41) is 15.9. The lowest BCUT2D eigenvalue weighted by Crippen LogP contribution is -2.49. The molecule has 11 nitrogen and oxygen atoms in total. The van der Waals surface area contributed by atoms with E-state index in [1.54, 1.807) is 6.07 Å². The van der Waals surface area contributed by atoms with Gasteiger partial charge in [-0.25, -0.2) is 17.9 Å². The molecule has 0 atom stereocenters. The molecular formula is C22H20F6N6O5S. The maximum atomic E-state index is 12.7. The number of ether oxygens (including phenoxy) is 1. The van der Waals surface area contributed by atoms with Crippen LogP contribution in [0.3, 0.4) is 0 Å². The molecule has 3 aromatic rings. The average Bonchev–Trinajstić information content (AvgIpc) is 3.45. The van der Waals surface area contributed by atoms with Crippen LogP contribution in [0.1, 0.15) is 12.8 Å². The zero-order valence-electron chi connectivity index (χ0n) is 20.2. The molecule has 3 heterocycles. The van der Waals surface area contributed by atoms with Crippen LogP contribution in [0.2, 0.25) is 0 Å². The van der Waals surface area contributed by atoms with E-state index in [2.05, 4.69) is 29.9 Å². The third kappa shape index (κ3) is 7.04. The maximum absolute atomic E-state index is 12.7. The fourth-order valence-corrected chi connectivity index (χ4v) is 4.88. The van der Waals surface area contributed by atoms with Gasteiger partial charge in [-0.2, -0.15) is 26.3 Å². The molecule has 1 N–H and O–H groups in total. The number of amides is 1. The SMILES string of the molecule is O=C(OC(C(F)(F)F)C(F)(F)F)N1CCC(CNS(=O)(=O)c2ccc(-c3nnc(-c4ccoc4)nn3)cc2)CC1. The highest BCUT2D eigenvalue weighted by Gasteiger charge is 2.60. The molecule has 1 aliphatic rings. The Hall–Kier alpha value is -3.80. The van der Waals surface area contributed by atoms with E-state index in [1.165, 1.54) is 36.8 Å². The predicted octanol–water partition coefficient (Wildman–Crippen LogP) is 3.81. The van der Waals surface area contributed by atoms with Crippen molar-refractivity contribution in [1.29, 1.82) is 0 Å². The molecule has 1 fully saturated rings. The quantitative estimate of drug-likeness (QED) is 0.405. The van der Waals surface area contributed by atoms with Gasteiger partial charge in [-0.3, -0.25) is 0 Å². The summed E-state index contributed by atoms with van der Waals surface area (Å²) in [5.74, 6) is 0.0834. The molecule has 0 radical (unpaired) electrons. The molecule has 1 aromatic carbocycles. The number of hydrogen-bond donors (Lipinski definition) is 1. The Labute approximate surface area is 222 Å². The molecule has 0 unspecified atom stereocenters. The van der Waals surface area contributed by atoms with E-state index < -0.39 is 34.6 Å². The van der Waals surface area contributed by atoms with E-state index in [9.17, 15) is 39.6 Å². The van der Waals surface area contributed by atoms with Crippen molar-refractivity contribution < 1.29 is 48.7 Å². The Morgan fingerprint density at radius 2 is 1.50 bits per heavy atom. The van der Waals surface area contributed by atoms with Crippen LogP contribution in [-0.2, 0) is 14.8 Å². The third-order valence-corrected chi connectivity index (χ3v) is 7.37. The van der Waals surface area contributed by atoms with Gasteiger partial charge in [0.1, 0.15) is 6.26 Å². The molecule has 0 saturated carbocycles. The second kappa shape index (κ2) is 11.4. The number of hydrogen-bond acceptors (Lipinski definition) is 9. The van der Waals surface area contributed by atoms with Crippen molar-refractivity contribution in [3.8, 4) is 22.8 Å². The Morgan fingerprint density at radius 1 is 0.950 bits per heavy atom. The average molecular weight is 594 g/mol. The summed E-state index contributed by atoms with van der Waals surface area (Å²) in [6, 6.07) is 7.20. The molecule has 2 aromatic heterocycles. The number of halogens is 6. The van der Waals surface area contributed by atoms with E-state index in [4.69, 9.17) is 4.42 Å². The number of likely N-dealkylation sites (tertiary alicyclic amines) is 1. The van der Waals surface area contributed by atoms with Crippen molar-refractivity contribution in [2.45, 2.75) is 36.2 Å². The monoisotopic (exact) mass is 594 g/mol. The van der Waals surface area contributed by atoms with Crippen LogP contribution in [0.4, 0.5) is 31.1 Å². The van der Waals surface area contributed by atoms with Gasteiger partial charge in [-0.05, 0) is 49.1 Å². The van der Waals surface area contributed by atoms with Gasteiger partial charge in [0, 0.05) is 25.2 Å². The Kier molecular flexibility index (Phi) is 8.29. The molecule has 18 heteroatoms. The molecule has 1 aliphatic heterocycles. The van der Waals surface area contributed by atoms with Crippen LogP contribution in [-0.4, -0.2) is 77.9 Å². The molecule has 1 amide bonds. The van der Waals surface area contributed by atoms with E-state index >= 15 is 0 Å². The minimum Gasteiger partial charge on any atom is -0.472 e. The Morgan fingerprint density at radius 3 is 2.00 bits per heavy atom. The van der Waals surface area contributed by atoms with Crippen LogP contribution in [0.5, 0.6) is 0 Å². The lowest BCUT2D eigenvalue weighted by molar-refractivity contribution is -0.308. The molecule has 0 bridgehead atoms. The van der Waals surface area contributed by atoms with Crippen LogP contribution in [0.15, 0.2) is 52.2 Å². The summed E-state index contributed by atoms with van der Waals surface area (Å²) in [5.41, 5.74) is 1.04. The fourth-order valence-electron chi connectivity index (χ4n) is 3.76. The molecule has 216 valence electrons. The zero-order chi connectivity index (χ0) is 29.1. The molecule has 0 spiro atoms. The van der Waals surface area contributed by atoms with Gasteiger partial charge in [0.15, 0.2) is 0 Å². The van der Waals surface area contributed by atoms with Gasteiger partial charge < -0.3 is 14.1 Å². The van der Waals surface area contributed by atoms with Gasteiger partial charge in [0.05, 0.1) is 16.7 Å². The summed E-state index contributed by atoms with van der Waals surface area (Å²) in [7, 11) is -3.96. The van der Waals surface area contributed by atoms with Crippen LogP contribution < -0.4 is 4.72 Å². The second-order valence-electron chi connectivity index (χ2n) is 8.71. The molecule has 1 saturated heterocycles. The van der Waals surface area contributed by atoms with Crippen molar-refractivity contribution in [1.82, 2.24) is 30.0 Å². The first-order valence-electron chi connectivity index (χ1n) is 11.5. The first-order chi connectivity index (χ1) is 18.7. The van der Waals surface area contributed by atoms with Crippen molar-refractivity contribution >= 4 is 16.1 Å². The minimum absolute atomic E-state index is 0.0624. The number of nitrogens with zero attached hydrogens (tertiary/aromatic N) is 5. The lowest BCUT2D eigenvalue weighted by atomic mass is 9.97. The number of rotatable bonds is 7. The molecule has 40 heavy (non-hydrogen) atoms. The van der Waals surface area contributed by atoms with E-state index in [1.807, 2.05) is 0 Å². The maximum Gasteiger partial charge on any atom is 0.434 e. The number of furan rings is 1. The summed E-state index contributed by atoms with van der Waals surface area (Å²) < 4.78 is 112. The van der Waals surface area contributed by atoms with E-state index in [0.29, 0.717) is 11.1 Å². The van der Waals surface area contributed by atoms with Gasteiger partial charge in [0.25, 0.3) is 6.10 Å². The largest absolute Gasteiger partial charge is 0.472 e. The van der Waals surface area contributed by atoms with Crippen molar-refractivity contribution in [2.75, 3.05) is 19.6 Å².